The molecule has 0 amide bonds. The molecule has 0 radical (unpaired) electrons. The van der Waals surface area contributed by atoms with Crippen LogP contribution in [0.4, 0.5) is 0 Å². The van der Waals surface area contributed by atoms with Gasteiger partial charge in [-0.05, 0) is 6.42 Å². The molecule has 0 aromatic carbocycles. The van der Waals surface area contributed by atoms with Gasteiger partial charge in [-0.2, -0.15) is 0 Å². The van der Waals surface area contributed by atoms with E-state index in [2.05, 4.69) is 9.72 Å². The highest BCUT2D eigenvalue weighted by Crippen LogP contribution is 2.26. The fourth-order valence-electron chi connectivity index (χ4n) is 1.22. The molecule has 2 atom stereocenters. The largest absolute Gasteiger partial charge is 0.469 e. The number of aliphatic hydroxyl groups is 1. The van der Waals surface area contributed by atoms with Crippen molar-refractivity contribution >= 4 is 17.3 Å². The second-order valence-electron chi connectivity index (χ2n) is 2.85. The third-order valence-electron chi connectivity index (χ3n) is 2.03. The number of carbonyl (C=O) groups excluding carboxylic acids is 1. The van der Waals surface area contributed by atoms with Crippen LogP contribution in [0.5, 0.6) is 0 Å². The Kier molecular flexibility index (Phi) is 4.03. The van der Waals surface area contributed by atoms with Crippen LogP contribution < -0.4 is 0 Å². The molecule has 0 aliphatic heterocycles. The van der Waals surface area contributed by atoms with Crippen LogP contribution in [0.1, 0.15) is 24.5 Å². The summed E-state index contributed by atoms with van der Waals surface area (Å²) in [6.07, 6.45) is 1.29. The van der Waals surface area contributed by atoms with E-state index in [-0.39, 0.29) is 0 Å². The van der Waals surface area contributed by atoms with E-state index >= 15 is 0 Å². The Balaban J connectivity index is 2.75. The van der Waals surface area contributed by atoms with Crippen LogP contribution in [-0.4, -0.2) is 23.2 Å². The smallest absolute Gasteiger partial charge is 0.311 e. The fourth-order valence-corrected chi connectivity index (χ4v) is 1.91. The van der Waals surface area contributed by atoms with Crippen LogP contribution in [-0.2, 0) is 9.53 Å². The highest BCUT2D eigenvalue weighted by Gasteiger charge is 2.28. The van der Waals surface area contributed by atoms with Crippen molar-refractivity contribution in [2.45, 2.75) is 19.4 Å². The van der Waals surface area contributed by atoms with Gasteiger partial charge in [0.1, 0.15) is 11.1 Å². The van der Waals surface area contributed by atoms with E-state index < -0.39 is 18.0 Å². The van der Waals surface area contributed by atoms with Crippen LogP contribution in [0.2, 0.25) is 0 Å². The van der Waals surface area contributed by atoms with Gasteiger partial charge in [0.2, 0.25) is 0 Å². The highest BCUT2D eigenvalue weighted by atomic mass is 32.1. The maximum atomic E-state index is 11.3. The van der Waals surface area contributed by atoms with Gasteiger partial charge in [-0.1, -0.05) is 6.92 Å². The Hall–Kier alpha value is -0.940. The molecule has 0 spiro atoms. The zero-order valence-corrected chi connectivity index (χ0v) is 8.95. The first kappa shape index (κ1) is 11.1. The van der Waals surface area contributed by atoms with Crippen LogP contribution >= 0.6 is 11.3 Å². The van der Waals surface area contributed by atoms with E-state index in [1.54, 1.807) is 11.6 Å². The molecular formula is C9H13NO3S. The molecule has 2 unspecified atom stereocenters. The molecule has 0 bridgehead atoms. The van der Waals surface area contributed by atoms with E-state index in [0.29, 0.717) is 11.4 Å². The van der Waals surface area contributed by atoms with Gasteiger partial charge in [0.15, 0.2) is 0 Å². The Morgan fingerprint density at radius 2 is 2.50 bits per heavy atom. The molecule has 1 heterocycles. The summed E-state index contributed by atoms with van der Waals surface area (Å²) in [4.78, 5) is 15.2. The van der Waals surface area contributed by atoms with Crippen molar-refractivity contribution < 1.29 is 14.6 Å². The number of aromatic nitrogens is 1. The van der Waals surface area contributed by atoms with E-state index in [4.69, 9.17) is 0 Å². The van der Waals surface area contributed by atoms with Gasteiger partial charge in [0.25, 0.3) is 0 Å². The average molecular weight is 215 g/mol. The molecule has 0 aliphatic rings. The normalized spacial score (nSPS) is 14.8. The third-order valence-corrected chi connectivity index (χ3v) is 2.88. The topological polar surface area (TPSA) is 59.4 Å². The maximum absolute atomic E-state index is 11.3. The minimum absolute atomic E-state index is 0.393. The second-order valence-corrected chi connectivity index (χ2v) is 3.78. The van der Waals surface area contributed by atoms with Crippen LogP contribution in [0.15, 0.2) is 11.6 Å². The quantitative estimate of drug-likeness (QED) is 0.771. The molecule has 1 rings (SSSR count). The summed E-state index contributed by atoms with van der Waals surface area (Å²) in [5.74, 6) is -0.915. The number of aliphatic hydroxyl groups excluding tert-OH is 1. The summed E-state index contributed by atoms with van der Waals surface area (Å²) in [6, 6.07) is 0. The summed E-state index contributed by atoms with van der Waals surface area (Å²) >= 11 is 1.33. The number of esters is 1. The van der Waals surface area contributed by atoms with Crippen molar-refractivity contribution in [2.24, 2.45) is 5.92 Å². The van der Waals surface area contributed by atoms with Gasteiger partial charge >= 0.3 is 5.97 Å². The molecule has 14 heavy (non-hydrogen) atoms. The van der Waals surface area contributed by atoms with Crippen LogP contribution in [0.25, 0.3) is 0 Å². The summed E-state index contributed by atoms with van der Waals surface area (Å²) in [5.41, 5.74) is 0. The monoisotopic (exact) mass is 215 g/mol. The first-order valence-electron chi connectivity index (χ1n) is 4.36. The van der Waals surface area contributed by atoms with Crippen molar-refractivity contribution in [3.05, 3.63) is 16.6 Å². The van der Waals surface area contributed by atoms with E-state index in [1.807, 2.05) is 6.92 Å². The van der Waals surface area contributed by atoms with Gasteiger partial charge in [-0.15, -0.1) is 11.3 Å². The number of rotatable bonds is 4. The number of carbonyl (C=O) groups is 1. The van der Waals surface area contributed by atoms with Gasteiger partial charge < -0.3 is 9.84 Å². The minimum Gasteiger partial charge on any atom is -0.469 e. The zero-order valence-electron chi connectivity index (χ0n) is 8.14. The Labute approximate surface area is 86.6 Å². The SMILES string of the molecule is CCC(C(=O)OC)C(O)c1nccs1. The number of hydrogen-bond acceptors (Lipinski definition) is 5. The molecule has 0 saturated carbocycles. The molecule has 0 aliphatic carbocycles. The number of hydrogen-bond donors (Lipinski definition) is 1. The van der Waals surface area contributed by atoms with Crippen LogP contribution in [0, 0.1) is 5.92 Å². The Bertz CT molecular complexity index is 286. The molecule has 78 valence electrons. The van der Waals surface area contributed by atoms with Gasteiger partial charge in [0, 0.05) is 11.6 Å². The molecule has 0 fully saturated rings. The number of methoxy groups -OCH3 is 1. The summed E-state index contributed by atoms with van der Waals surface area (Å²) in [7, 11) is 1.32. The van der Waals surface area contributed by atoms with Gasteiger partial charge in [-0.3, -0.25) is 4.79 Å². The number of thiazole rings is 1. The van der Waals surface area contributed by atoms with E-state index in [1.165, 1.54) is 18.4 Å². The Morgan fingerprint density at radius 3 is 2.93 bits per heavy atom. The van der Waals surface area contributed by atoms with Crippen molar-refractivity contribution in [1.29, 1.82) is 0 Å². The maximum Gasteiger partial charge on any atom is 0.311 e. The third kappa shape index (κ3) is 2.30. The van der Waals surface area contributed by atoms with E-state index in [9.17, 15) is 9.90 Å². The average Bonchev–Trinajstić information content (AvgIpc) is 2.71. The van der Waals surface area contributed by atoms with E-state index in [0.717, 1.165) is 0 Å². The lowest BCUT2D eigenvalue weighted by Crippen LogP contribution is -2.22. The minimum atomic E-state index is -0.854. The second kappa shape index (κ2) is 5.07. The lowest BCUT2D eigenvalue weighted by Gasteiger charge is -2.16. The van der Waals surface area contributed by atoms with Crippen molar-refractivity contribution in [1.82, 2.24) is 4.98 Å². The van der Waals surface area contributed by atoms with Gasteiger partial charge in [0.05, 0.1) is 13.0 Å². The van der Waals surface area contributed by atoms with Crippen LogP contribution in [0.3, 0.4) is 0 Å². The molecule has 4 nitrogen and oxygen atoms in total. The first-order chi connectivity index (χ1) is 6.70. The van der Waals surface area contributed by atoms with Crippen molar-refractivity contribution in [3.8, 4) is 0 Å². The summed E-state index contributed by atoms with van der Waals surface area (Å²) < 4.78 is 4.60. The zero-order chi connectivity index (χ0) is 10.6. The fraction of sp³-hybridized carbons (Fsp3) is 0.556. The predicted octanol–water partition coefficient (Wildman–Crippen LogP) is 1.38. The summed E-state index contributed by atoms with van der Waals surface area (Å²) in [5, 5.41) is 12.1. The standard InChI is InChI=1S/C9H13NO3S/c1-3-6(9(12)13-2)7(11)8-10-4-5-14-8/h4-7,11H,3H2,1-2H3. The molecule has 0 saturated heterocycles. The molecule has 1 N–H and O–H groups in total. The summed E-state index contributed by atoms with van der Waals surface area (Å²) in [6.45, 7) is 1.83. The first-order valence-corrected chi connectivity index (χ1v) is 5.24. The number of ether oxygens (including phenoxy) is 1. The molecular weight excluding hydrogens is 202 g/mol. The Morgan fingerprint density at radius 1 is 1.79 bits per heavy atom. The van der Waals surface area contributed by atoms with Crippen molar-refractivity contribution in [2.75, 3.05) is 7.11 Å². The lowest BCUT2D eigenvalue weighted by molar-refractivity contribution is -0.149. The molecule has 1 aromatic rings. The highest BCUT2D eigenvalue weighted by molar-refractivity contribution is 7.09. The number of nitrogens with zero attached hydrogens (tertiary/aromatic N) is 1. The molecule has 5 heteroatoms. The molecule has 1 aromatic heterocycles. The lowest BCUT2D eigenvalue weighted by atomic mass is 10.0. The predicted molar refractivity (Wildman–Crippen MR) is 52.9 cm³/mol. The van der Waals surface area contributed by atoms with Crippen molar-refractivity contribution in [3.63, 3.8) is 0 Å². The van der Waals surface area contributed by atoms with Gasteiger partial charge in [-0.25, -0.2) is 4.98 Å².